The van der Waals surface area contributed by atoms with Crippen LogP contribution in [-0.4, -0.2) is 8.42 Å². The summed E-state index contributed by atoms with van der Waals surface area (Å²) in [4.78, 5) is -0.235. The normalized spacial score (nSPS) is 12.0. The fourth-order valence-corrected chi connectivity index (χ4v) is 2.75. The number of hydrogen-bond donors (Lipinski definition) is 0. The lowest BCUT2D eigenvalue weighted by molar-refractivity contribution is -0.137. The zero-order chi connectivity index (χ0) is 16.5. The Morgan fingerprint density at radius 1 is 1.05 bits per heavy atom. The summed E-state index contributed by atoms with van der Waals surface area (Å²) in [5.41, 5.74) is -1.34. The van der Waals surface area contributed by atoms with Crippen LogP contribution in [0.1, 0.15) is 11.1 Å². The van der Waals surface area contributed by atoms with Crippen LogP contribution in [0.3, 0.4) is 0 Å². The molecule has 0 aliphatic rings. The fourth-order valence-electron chi connectivity index (χ4n) is 1.98. The van der Waals surface area contributed by atoms with Crippen LogP contribution in [0, 0.1) is 11.3 Å². The summed E-state index contributed by atoms with van der Waals surface area (Å²) in [6.45, 7) is 0. The zero-order valence-electron chi connectivity index (χ0n) is 10.7. The summed E-state index contributed by atoms with van der Waals surface area (Å²) in [6.07, 6.45) is -4.64. The molecule has 2 aromatic carbocycles. The maximum absolute atomic E-state index is 13.1. The highest BCUT2D eigenvalue weighted by atomic mass is 35.7. The van der Waals surface area contributed by atoms with Crippen LogP contribution in [0.15, 0.2) is 47.4 Å². The van der Waals surface area contributed by atoms with Crippen LogP contribution < -0.4 is 0 Å². The van der Waals surface area contributed by atoms with Crippen molar-refractivity contribution in [3.8, 4) is 17.2 Å². The Hall–Kier alpha value is -2.04. The van der Waals surface area contributed by atoms with Gasteiger partial charge in [0.1, 0.15) is 0 Å². The van der Waals surface area contributed by atoms with Crippen molar-refractivity contribution < 1.29 is 21.6 Å². The Labute approximate surface area is 129 Å². The molecule has 22 heavy (non-hydrogen) atoms. The first-order valence-electron chi connectivity index (χ1n) is 5.80. The number of halogens is 4. The van der Waals surface area contributed by atoms with E-state index in [0.717, 1.165) is 24.3 Å². The van der Waals surface area contributed by atoms with Gasteiger partial charge in [0.15, 0.2) is 0 Å². The minimum absolute atomic E-state index is 0.0774. The second-order valence-corrected chi connectivity index (χ2v) is 6.87. The molecule has 3 nitrogen and oxygen atoms in total. The van der Waals surface area contributed by atoms with Gasteiger partial charge in [-0.1, -0.05) is 18.2 Å². The molecular weight excluding hydrogens is 339 g/mol. The molecular formula is C14H7ClF3NO2S. The van der Waals surface area contributed by atoms with Gasteiger partial charge >= 0.3 is 6.18 Å². The van der Waals surface area contributed by atoms with Crippen molar-refractivity contribution >= 4 is 19.7 Å². The van der Waals surface area contributed by atoms with Crippen molar-refractivity contribution in [1.82, 2.24) is 0 Å². The summed E-state index contributed by atoms with van der Waals surface area (Å²) in [5, 5.41) is 9.02. The molecule has 0 N–H and O–H groups in total. The van der Waals surface area contributed by atoms with Crippen molar-refractivity contribution in [1.29, 1.82) is 5.26 Å². The number of rotatable bonds is 2. The van der Waals surface area contributed by atoms with E-state index in [9.17, 15) is 21.6 Å². The van der Waals surface area contributed by atoms with Crippen molar-refractivity contribution in [3.63, 3.8) is 0 Å². The van der Waals surface area contributed by atoms with Crippen molar-refractivity contribution in [3.05, 3.63) is 53.6 Å². The number of nitriles is 1. The molecule has 0 unspecified atom stereocenters. The molecule has 2 rings (SSSR count). The van der Waals surface area contributed by atoms with Crippen LogP contribution in [-0.2, 0) is 15.2 Å². The first-order valence-corrected chi connectivity index (χ1v) is 8.11. The van der Waals surface area contributed by atoms with Gasteiger partial charge < -0.3 is 0 Å². The second kappa shape index (κ2) is 5.63. The van der Waals surface area contributed by atoms with E-state index < -0.39 is 20.8 Å². The monoisotopic (exact) mass is 345 g/mol. The molecule has 0 atom stereocenters. The van der Waals surface area contributed by atoms with E-state index in [1.807, 2.05) is 0 Å². The zero-order valence-corrected chi connectivity index (χ0v) is 12.3. The molecule has 0 aromatic heterocycles. The highest BCUT2D eigenvalue weighted by Gasteiger charge is 2.34. The van der Waals surface area contributed by atoms with E-state index in [2.05, 4.69) is 0 Å². The van der Waals surface area contributed by atoms with Gasteiger partial charge in [0.25, 0.3) is 9.05 Å². The standard InChI is InChI=1S/C14H7ClF3NO2S/c15-22(20,21)11-6-4-9(5-7-11)13-10(8-19)2-1-3-12(13)14(16,17)18/h1-7H. The summed E-state index contributed by atoms with van der Waals surface area (Å²) in [7, 11) is 1.19. The predicted molar refractivity (Wildman–Crippen MR) is 74.6 cm³/mol. The summed E-state index contributed by atoms with van der Waals surface area (Å²) >= 11 is 0. The molecule has 0 aliphatic heterocycles. The van der Waals surface area contributed by atoms with Crippen LogP contribution >= 0.6 is 10.7 Å². The van der Waals surface area contributed by atoms with Crippen molar-refractivity contribution in [2.24, 2.45) is 0 Å². The smallest absolute Gasteiger partial charge is 0.207 e. The van der Waals surface area contributed by atoms with Crippen LogP contribution in [0.25, 0.3) is 11.1 Å². The number of alkyl halides is 3. The molecule has 0 spiro atoms. The van der Waals surface area contributed by atoms with E-state index in [1.165, 1.54) is 18.2 Å². The number of benzene rings is 2. The third-order valence-electron chi connectivity index (χ3n) is 2.91. The maximum Gasteiger partial charge on any atom is 0.417 e. The molecule has 0 saturated carbocycles. The summed E-state index contributed by atoms with van der Waals surface area (Å²) < 4.78 is 61.6. The Kier molecular flexibility index (Phi) is 4.18. The third-order valence-corrected chi connectivity index (χ3v) is 4.28. The fraction of sp³-hybridized carbons (Fsp3) is 0.0714. The highest BCUT2D eigenvalue weighted by Crippen LogP contribution is 2.39. The average Bonchev–Trinajstić information content (AvgIpc) is 2.44. The molecule has 0 bridgehead atoms. The van der Waals surface area contributed by atoms with E-state index in [1.54, 1.807) is 6.07 Å². The summed E-state index contributed by atoms with van der Waals surface area (Å²) in [6, 6.07) is 9.51. The number of hydrogen-bond acceptors (Lipinski definition) is 3. The van der Waals surface area contributed by atoms with Crippen molar-refractivity contribution in [2.45, 2.75) is 11.1 Å². The highest BCUT2D eigenvalue weighted by molar-refractivity contribution is 8.13. The Morgan fingerprint density at radius 2 is 1.64 bits per heavy atom. The molecule has 0 heterocycles. The van der Waals surface area contributed by atoms with E-state index >= 15 is 0 Å². The Bertz CT molecular complexity index is 853. The topological polar surface area (TPSA) is 57.9 Å². The van der Waals surface area contributed by atoms with Gasteiger partial charge in [-0.2, -0.15) is 18.4 Å². The first-order chi connectivity index (χ1) is 10.1. The van der Waals surface area contributed by atoms with Gasteiger partial charge in [-0.25, -0.2) is 8.42 Å². The first kappa shape index (κ1) is 16.3. The van der Waals surface area contributed by atoms with Crippen LogP contribution in [0.4, 0.5) is 13.2 Å². The van der Waals surface area contributed by atoms with E-state index in [-0.39, 0.29) is 21.6 Å². The number of nitrogens with zero attached hydrogens (tertiary/aromatic N) is 1. The van der Waals surface area contributed by atoms with Crippen LogP contribution in [0.2, 0.25) is 0 Å². The molecule has 0 radical (unpaired) electrons. The van der Waals surface area contributed by atoms with Gasteiger partial charge in [0, 0.05) is 16.2 Å². The molecule has 0 amide bonds. The van der Waals surface area contributed by atoms with E-state index in [4.69, 9.17) is 15.9 Å². The molecule has 0 fully saturated rings. The lowest BCUT2D eigenvalue weighted by Crippen LogP contribution is -2.08. The molecule has 114 valence electrons. The largest absolute Gasteiger partial charge is 0.417 e. The molecule has 0 saturated heterocycles. The second-order valence-electron chi connectivity index (χ2n) is 4.30. The lowest BCUT2D eigenvalue weighted by Gasteiger charge is -2.14. The average molecular weight is 346 g/mol. The summed E-state index contributed by atoms with van der Waals surface area (Å²) in [5.74, 6) is 0. The Balaban J connectivity index is 2.69. The Morgan fingerprint density at radius 3 is 2.09 bits per heavy atom. The predicted octanol–water partition coefficient (Wildman–Crippen LogP) is 4.17. The maximum atomic E-state index is 13.1. The van der Waals surface area contributed by atoms with Gasteiger partial charge in [-0.3, -0.25) is 0 Å². The molecule has 8 heteroatoms. The van der Waals surface area contributed by atoms with Crippen LogP contribution in [0.5, 0.6) is 0 Å². The lowest BCUT2D eigenvalue weighted by atomic mass is 9.94. The van der Waals surface area contributed by atoms with Crippen molar-refractivity contribution in [2.75, 3.05) is 0 Å². The van der Waals surface area contributed by atoms with Gasteiger partial charge in [-0.15, -0.1) is 0 Å². The minimum atomic E-state index is -4.64. The molecule has 2 aromatic rings. The third kappa shape index (κ3) is 3.24. The van der Waals surface area contributed by atoms with E-state index in [0.29, 0.717) is 0 Å². The SMILES string of the molecule is N#Cc1cccc(C(F)(F)F)c1-c1ccc(S(=O)(=O)Cl)cc1. The van der Waals surface area contributed by atoms with Gasteiger partial charge in [0.05, 0.1) is 22.1 Å². The van der Waals surface area contributed by atoms with Gasteiger partial charge in [-0.05, 0) is 29.8 Å². The molecule has 0 aliphatic carbocycles. The quantitative estimate of drug-likeness (QED) is 0.767. The van der Waals surface area contributed by atoms with Gasteiger partial charge in [0.2, 0.25) is 0 Å². The minimum Gasteiger partial charge on any atom is -0.207 e.